The molecule has 6 nitrogen and oxygen atoms in total. The van der Waals surface area contributed by atoms with Crippen LogP contribution in [0.2, 0.25) is 0 Å². The van der Waals surface area contributed by atoms with Gasteiger partial charge in [0.05, 0.1) is 13.0 Å². The van der Waals surface area contributed by atoms with Gasteiger partial charge in [0.1, 0.15) is 0 Å². The summed E-state index contributed by atoms with van der Waals surface area (Å²) in [6.45, 7) is 4.63. The minimum atomic E-state index is -0.893. The van der Waals surface area contributed by atoms with Gasteiger partial charge < -0.3 is 15.3 Å². The minimum absolute atomic E-state index is 0.0208. The monoisotopic (exact) mass is 284 g/mol. The van der Waals surface area contributed by atoms with Crippen LogP contribution in [0.4, 0.5) is 0 Å². The lowest BCUT2D eigenvalue weighted by molar-refractivity contribution is -0.140. The van der Waals surface area contributed by atoms with Crippen LogP contribution in [-0.2, 0) is 14.4 Å². The number of amides is 2. The molecule has 2 amide bonds. The fraction of sp³-hybridized carbons (Fsp3) is 0.786. The first-order valence-corrected chi connectivity index (χ1v) is 7.18. The molecule has 1 atom stereocenters. The summed E-state index contributed by atoms with van der Waals surface area (Å²) in [7, 11) is 0. The zero-order valence-electron chi connectivity index (χ0n) is 12.2. The number of likely N-dealkylation sites (tertiary alicyclic amines) is 1. The topological polar surface area (TPSA) is 86.7 Å². The van der Waals surface area contributed by atoms with E-state index in [2.05, 4.69) is 5.32 Å². The molecule has 114 valence electrons. The van der Waals surface area contributed by atoms with E-state index in [9.17, 15) is 14.4 Å². The summed E-state index contributed by atoms with van der Waals surface area (Å²) >= 11 is 0. The predicted octanol–water partition coefficient (Wildman–Crippen LogP) is 1.00. The van der Waals surface area contributed by atoms with Crippen LogP contribution in [0.25, 0.3) is 0 Å². The third-order valence-corrected chi connectivity index (χ3v) is 3.49. The second-order valence-corrected chi connectivity index (χ2v) is 5.69. The lowest BCUT2D eigenvalue weighted by atomic mass is 10.1. The van der Waals surface area contributed by atoms with Gasteiger partial charge in [-0.15, -0.1) is 0 Å². The Morgan fingerprint density at radius 2 is 2.05 bits per heavy atom. The van der Waals surface area contributed by atoms with E-state index >= 15 is 0 Å². The summed E-state index contributed by atoms with van der Waals surface area (Å²) in [5.74, 6) is -0.752. The van der Waals surface area contributed by atoms with Crippen molar-refractivity contribution in [3.8, 4) is 0 Å². The molecular weight excluding hydrogens is 260 g/mol. The largest absolute Gasteiger partial charge is 0.481 e. The van der Waals surface area contributed by atoms with Crippen molar-refractivity contribution in [2.45, 2.75) is 52.0 Å². The quantitative estimate of drug-likeness (QED) is 0.730. The molecule has 0 radical (unpaired) electrons. The van der Waals surface area contributed by atoms with Gasteiger partial charge in [-0.1, -0.05) is 13.8 Å². The molecule has 1 fully saturated rings. The Labute approximate surface area is 119 Å². The molecule has 1 rings (SSSR count). The van der Waals surface area contributed by atoms with Crippen LogP contribution < -0.4 is 5.32 Å². The molecule has 1 saturated heterocycles. The number of hydrogen-bond donors (Lipinski definition) is 2. The van der Waals surface area contributed by atoms with E-state index in [1.165, 1.54) is 0 Å². The zero-order valence-corrected chi connectivity index (χ0v) is 12.2. The van der Waals surface area contributed by atoms with Crippen LogP contribution >= 0.6 is 0 Å². The highest BCUT2D eigenvalue weighted by molar-refractivity contribution is 5.85. The average Bonchev–Trinajstić information content (AvgIpc) is 2.80. The van der Waals surface area contributed by atoms with Crippen molar-refractivity contribution in [2.24, 2.45) is 5.92 Å². The number of carboxylic acid groups (broad SMARTS) is 1. The van der Waals surface area contributed by atoms with Crippen molar-refractivity contribution in [3.63, 3.8) is 0 Å². The van der Waals surface area contributed by atoms with E-state index in [0.29, 0.717) is 18.9 Å². The summed E-state index contributed by atoms with van der Waals surface area (Å²) in [6.07, 6.45) is 2.74. The van der Waals surface area contributed by atoms with Gasteiger partial charge in [0.15, 0.2) is 0 Å². The molecule has 0 saturated carbocycles. The van der Waals surface area contributed by atoms with E-state index in [4.69, 9.17) is 5.11 Å². The second-order valence-electron chi connectivity index (χ2n) is 5.69. The van der Waals surface area contributed by atoms with Gasteiger partial charge in [0.25, 0.3) is 0 Å². The molecule has 1 aliphatic heterocycles. The summed E-state index contributed by atoms with van der Waals surface area (Å²) in [5.41, 5.74) is 0. The normalized spacial score (nSPS) is 18.4. The molecule has 0 bridgehead atoms. The molecule has 0 spiro atoms. The van der Waals surface area contributed by atoms with E-state index < -0.39 is 5.97 Å². The van der Waals surface area contributed by atoms with E-state index in [1.807, 2.05) is 13.8 Å². The fourth-order valence-electron chi connectivity index (χ4n) is 2.36. The standard InChI is InChI=1S/C14H24N2O4/c1-10(2)5-6-12(17)15-9-13(18)16-7-3-4-11(16)8-14(19)20/h10-11H,3-9H2,1-2H3,(H,15,17)(H,19,20). The van der Waals surface area contributed by atoms with Crippen LogP contribution in [-0.4, -0.2) is 46.9 Å². The number of carboxylic acids is 1. The molecule has 1 heterocycles. The zero-order chi connectivity index (χ0) is 15.1. The van der Waals surface area contributed by atoms with Crippen LogP contribution in [0.1, 0.15) is 46.0 Å². The van der Waals surface area contributed by atoms with Crippen LogP contribution in [0.3, 0.4) is 0 Å². The first-order valence-electron chi connectivity index (χ1n) is 7.18. The lowest BCUT2D eigenvalue weighted by Gasteiger charge is -2.23. The number of nitrogens with one attached hydrogen (secondary N) is 1. The van der Waals surface area contributed by atoms with Gasteiger partial charge in [0.2, 0.25) is 11.8 Å². The molecule has 2 N–H and O–H groups in total. The average molecular weight is 284 g/mol. The Hall–Kier alpha value is -1.59. The molecular formula is C14H24N2O4. The van der Waals surface area contributed by atoms with Crippen molar-refractivity contribution in [2.75, 3.05) is 13.1 Å². The highest BCUT2D eigenvalue weighted by Crippen LogP contribution is 2.19. The van der Waals surface area contributed by atoms with Crippen LogP contribution in [0.15, 0.2) is 0 Å². The molecule has 0 aromatic heterocycles. The van der Waals surface area contributed by atoms with Gasteiger partial charge in [0, 0.05) is 19.0 Å². The fourth-order valence-corrected chi connectivity index (χ4v) is 2.36. The number of hydrogen-bond acceptors (Lipinski definition) is 3. The summed E-state index contributed by atoms with van der Waals surface area (Å²) in [4.78, 5) is 35.9. The van der Waals surface area contributed by atoms with E-state index in [0.717, 1.165) is 19.3 Å². The van der Waals surface area contributed by atoms with E-state index in [-0.39, 0.29) is 30.8 Å². The second kappa shape index (κ2) is 7.87. The van der Waals surface area contributed by atoms with Crippen molar-refractivity contribution in [3.05, 3.63) is 0 Å². The summed E-state index contributed by atoms with van der Waals surface area (Å²) in [5, 5.41) is 11.4. The highest BCUT2D eigenvalue weighted by Gasteiger charge is 2.30. The van der Waals surface area contributed by atoms with Crippen molar-refractivity contribution in [1.29, 1.82) is 0 Å². The van der Waals surface area contributed by atoms with Crippen molar-refractivity contribution >= 4 is 17.8 Å². The maximum atomic E-state index is 12.0. The first-order chi connectivity index (χ1) is 9.40. The van der Waals surface area contributed by atoms with Crippen molar-refractivity contribution in [1.82, 2.24) is 10.2 Å². The van der Waals surface area contributed by atoms with Gasteiger partial charge in [-0.2, -0.15) is 0 Å². The molecule has 0 aromatic rings. The number of rotatable bonds is 7. The molecule has 6 heteroatoms. The van der Waals surface area contributed by atoms with Crippen molar-refractivity contribution < 1.29 is 19.5 Å². The Kier molecular flexibility index (Phi) is 6.48. The Morgan fingerprint density at radius 1 is 1.35 bits per heavy atom. The molecule has 20 heavy (non-hydrogen) atoms. The Bertz CT molecular complexity index is 368. The summed E-state index contributed by atoms with van der Waals surface area (Å²) in [6, 6.07) is -0.229. The van der Waals surface area contributed by atoms with Crippen LogP contribution in [0, 0.1) is 5.92 Å². The lowest BCUT2D eigenvalue weighted by Crippen LogP contribution is -2.43. The van der Waals surface area contributed by atoms with Gasteiger partial charge >= 0.3 is 5.97 Å². The molecule has 1 aliphatic rings. The Morgan fingerprint density at radius 3 is 2.65 bits per heavy atom. The maximum absolute atomic E-state index is 12.0. The van der Waals surface area contributed by atoms with Gasteiger partial charge in [-0.3, -0.25) is 14.4 Å². The van der Waals surface area contributed by atoms with Gasteiger partial charge in [-0.25, -0.2) is 0 Å². The number of nitrogens with zero attached hydrogens (tertiary/aromatic N) is 1. The van der Waals surface area contributed by atoms with E-state index in [1.54, 1.807) is 4.90 Å². The third kappa shape index (κ3) is 5.59. The SMILES string of the molecule is CC(C)CCC(=O)NCC(=O)N1CCCC1CC(=O)O. The van der Waals surface area contributed by atoms with Crippen LogP contribution in [0.5, 0.6) is 0 Å². The number of aliphatic carboxylic acids is 1. The maximum Gasteiger partial charge on any atom is 0.305 e. The number of carbonyl (C=O) groups excluding carboxylic acids is 2. The third-order valence-electron chi connectivity index (χ3n) is 3.49. The smallest absolute Gasteiger partial charge is 0.305 e. The molecule has 0 aromatic carbocycles. The first kappa shape index (κ1) is 16.5. The Balaban J connectivity index is 2.34. The highest BCUT2D eigenvalue weighted by atomic mass is 16.4. The molecule has 1 unspecified atom stereocenters. The predicted molar refractivity (Wildman–Crippen MR) is 74.1 cm³/mol. The molecule has 0 aliphatic carbocycles. The number of carbonyl (C=O) groups is 3. The van der Waals surface area contributed by atoms with Gasteiger partial charge in [-0.05, 0) is 25.2 Å². The minimum Gasteiger partial charge on any atom is -0.481 e. The summed E-state index contributed by atoms with van der Waals surface area (Å²) < 4.78 is 0.